The largest absolute Gasteiger partial charge is 0.497 e. The van der Waals surface area contributed by atoms with Crippen LogP contribution in [0.25, 0.3) is 22.2 Å². The number of methoxy groups -OCH3 is 1. The summed E-state index contributed by atoms with van der Waals surface area (Å²) in [5.41, 5.74) is 4.55. The van der Waals surface area contributed by atoms with Crippen LogP contribution < -0.4 is 4.74 Å². The maximum absolute atomic E-state index is 12.1. The number of carboxylic acids is 1. The molecule has 2 aromatic carbocycles. The first kappa shape index (κ1) is 22.1. The van der Waals surface area contributed by atoms with Crippen molar-refractivity contribution in [3.05, 3.63) is 53.1 Å². The van der Waals surface area contributed by atoms with Gasteiger partial charge in [-0.05, 0) is 75.4 Å². The number of carboxylic acid groups (broad SMARTS) is 1. The molecule has 0 amide bonds. The van der Waals surface area contributed by atoms with E-state index in [0.717, 1.165) is 41.3 Å². The number of hydrogen-bond acceptors (Lipinski definition) is 3. The zero-order valence-corrected chi connectivity index (χ0v) is 19.3. The lowest BCUT2D eigenvalue weighted by atomic mass is 9.81. The summed E-state index contributed by atoms with van der Waals surface area (Å²) in [6, 6.07) is 11.1. The van der Waals surface area contributed by atoms with Crippen molar-refractivity contribution < 1.29 is 19.4 Å². The molecule has 1 aliphatic rings. The maximum Gasteiger partial charge on any atom is 0.335 e. The molecule has 0 atom stereocenters. The summed E-state index contributed by atoms with van der Waals surface area (Å²) in [7, 11) is 1.59. The molecule has 0 unspecified atom stereocenters. The molecule has 1 aromatic heterocycles. The van der Waals surface area contributed by atoms with E-state index in [9.17, 15) is 14.7 Å². The van der Waals surface area contributed by atoms with E-state index in [1.54, 1.807) is 25.3 Å². The van der Waals surface area contributed by atoms with Crippen LogP contribution in [0, 0.1) is 0 Å². The molecule has 168 valence electrons. The second-order valence-corrected chi connectivity index (χ2v) is 9.71. The lowest BCUT2D eigenvalue weighted by molar-refractivity contribution is 0.0696. The number of aldehydes is 1. The van der Waals surface area contributed by atoms with E-state index in [4.69, 9.17) is 4.74 Å². The van der Waals surface area contributed by atoms with Crippen molar-refractivity contribution in [3.8, 4) is 17.0 Å². The number of hydrogen-bond donors (Lipinski definition) is 1. The highest BCUT2D eigenvalue weighted by atomic mass is 16.5. The predicted octanol–water partition coefficient (Wildman–Crippen LogP) is 6.63. The summed E-state index contributed by atoms with van der Waals surface area (Å²) in [5, 5.41) is 10.7. The molecule has 32 heavy (non-hydrogen) atoms. The lowest BCUT2D eigenvalue weighted by Crippen LogP contribution is -2.23. The monoisotopic (exact) mass is 433 g/mol. The first-order valence-corrected chi connectivity index (χ1v) is 11.3. The summed E-state index contributed by atoms with van der Waals surface area (Å²) >= 11 is 0. The highest BCUT2D eigenvalue weighted by molar-refractivity contribution is 6.00. The third-order valence-electron chi connectivity index (χ3n) is 6.58. The van der Waals surface area contributed by atoms with Gasteiger partial charge in [0, 0.05) is 22.1 Å². The van der Waals surface area contributed by atoms with E-state index in [1.165, 1.54) is 24.8 Å². The molecule has 5 nitrogen and oxygen atoms in total. The number of rotatable bonds is 5. The molecule has 1 fully saturated rings. The Morgan fingerprint density at radius 3 is 2.41 bits per heavy atom. The van der Waals surface area contributed by atoms with Crippen molar-refractivity contribution in [1.29, 1.82) is 0 Å². The number of nitrogens with zero attached hydrogens (tertiary/aromatic N) is 1. The first-order valence-electron chi connectivity index (χ1n) is 11.3. The standard InChI is InChI=1S/C27H31NO4/c1-27(2,3)28-23-15-18(26(30)31)10-12-22(23)24(17-8-6-5-7-9-17)25(28)21-13-11-20(32-4)14-19(21)16-29/h10-17H,5-9H2,1-4H3,(H,30,31). The van der Waals surface area contributed by atoms with Gasteiger partial charge in [0.25, 0.3) is 0 Å². The van der Waals surface area contributed by atoms with Gasteiger partial charge in [-0.25, -0.2) is 4.79 Å². The molecule has 0 aliphatic heterocycles. The first-order chi connectivity index (χ1) is 15.3. The molecule has 1 aliphatic carbocycles. The fraction of sp³-hybridized carbons (Fsp3) is 0.407. The Morgan fingerprint density at radius 1 is 1.09 bits per heavy atom. The summed E-state index contributed by atoms with van der Waals surface area (Å²) in [6.07, 6.45) is 6.70. The summed E-state index contributed by atoms with van der Waals surface area (Å²) in [4.78, 5) is 23.9. The fourth-order valence-electron chi connectivity index (χ4n) is 5.19. The molecule has 0 saturated heterocycles. The van der Waals surface area contributed by atoms with E-state index in [0.29, 0.717) is 17.2 Å². The minimum absolute atomic E-state index is 0.271. The van der Waals surface area contributed by atoms with Crippen LogP contribution >= 0.6 is 0 Å². The topological polar surface area (TPSA) is 68.5 Å². The molecule has 3 aromatic rings. The van der Waals surface area contributed by atoms with Crippen LogP contribution in [0.3, 0.4) is 0 Å². The smallest absolute Gasteiger partial charge is 0.335 e. The molecule has 1 heterocycles. The van der Waals surface area contributed by atoms with Crippen LogP contribution in [0.1, 0.15) is 85.1 Å². The van der Waals surface area contributed by atoms with Gasteiger partial charge in [-0.1, -0.05) is 25.3 Å². The quantitative estimate of drug-likeness (QED) is 0.459. The van der Waals surface area contributed by atoms with Gasteiger partial charge in [0.15, 0.2) is 6.29 Å². The van der Waals surface area contributed by atoms with Gasteiger partial charge in [0.05, 0.1) is 23.9 Å². The molecule has 1 N–H and O–H groups in total. The van der Waals surface area contributed by atoms with Gasteiger partial charge in [0.2, 0.25) is 0 Å². The zero-order chi connectivity index (χ0) is 23.0. The number of fused-ring (bicyclic) bond motifs is 1. The van der Waals surface area contributed by atoms with E-state index in [2.05, 4.69) is 25.3 Å². The molecule has 0 radical (unpaired) electrons. The second-order valence-electron chi connectivity index (χ2n) is 9.71. The molecular weight excluding hydrogens is 402 g/mol. The molecule has 1 saturated carbocycles. The molecule has 0 spiro atoms. The van der Waals surface area contributed by atoms with Gasteiger partial charge in [-0.3, -0.25) is 4.79 Å². The van der Waals surface area contributed by atoms with E-state index < -0.39 is 5.97 Å². The van der Waals surface area contributed by atoms with Crippen molar-refractivity contribution in [2.45, 2.75) is 64.3 Å². The van der Waals surface area contributed by atoms with E-state index >= 15 is 0 Å². The number of carbonyl (C=O) groups is 2. The fourth-order valence-corrected chi connectivity index (χ4v) is 5.19. The van der Waals surface area contributed by atoms with Gasteiger partial charge in [-0.15, -0.1) is 0 Å². The van der Waals surface area contributed by atoms with Crippen molar-refractivity contribution in [2.75, 3.05) is 7.11 Å². The molecular formula is C27H31NO4. The van der Waals surface area contributed by atoms with Crippen molar-refractivity contribution in [3.63, 3.8) is 0 Å². The molecule has 0 bridgehead atoms. The van der Waals surface area contributed by atoms with Crippen molar-refractivity contribution in [1.82, 2.24) is 4.57 Å². The Morgan fingerprint density at radius 2 is 1.81 bits per heavy atom. The number of aromatic nitrogens is 1. The summed E-state index contributed by atoms with van der Waals surface area (Å²) in [5.74, 6) is 0.0798. The third kappa shape index (κ3) is 3.81. The van der Waals surface area contributed by atoms with Crippen molar-refractivity contribution >= 4 is 23.2 Å². The number of carbonyl (C=O) groups excluding carboxylic acids is 1. The van der Waals surface area contributed by atoms with Crippen LogP contribution in [-0.2, 0) is 5.54 Å². The average Bonchev–Trinajstić information content (AvgIpc) is 3.13. The Kier molecular flexibility index (Phi) is 5.85. The van der Waals surface area contributed by atoms with E-state index in [-0.39, 0.29) is 11.1 Å². The second kappa shape index (κ2) is 8.45. The maximum atomic E-state index is 12.1. The Bertz CT molecular complexity index is 1180. The molecule has 4 rings (SSSR count). The third-order valence-corrected chi connectivity index (χ3v) is 6.58. The van der Waals surface area contributed by atoms with Gasteiger partial charge >= 0.3 is 5.97 Å². The summed E-state index contributed by atoms with van der Waals surface area (Å²) in [6.45, 7) is 6.37. The lowest BCUT2D eigenvalue weighted by Gasteiger charge is -2.29. The highest BCUT2D eigenvalue weighted by Crippen LogP contribution is 2.47. The Balaban J connectivity index is 2.14. The zero-order valence-electron chi connectivity index (χ0n) is 19.3. The van der Waals surface area contributed by atoms with Crippen LogP contribution in [0.4, 0.5) is 0 Å². The number of ether oxygens (including phenoxy) is 1. The van der Waals surface area contributed by atoms with Gasteiger partial charge in [-0.2, -0.15) is 0 Å². The van der Waals surface area contributed by atoms with Crippen molar-refractivity contribution in [2.24, 2.45) is 0 Å². The minimum atomic E-state index is -0.938. The van der Waals surface area contributed by atoms with Crippen LogP contribution in [0.2, 0.25) is 0 Å². The predicted molar refractivity (Wildman–Crippen MR) is 127 cm³/mol. The molecule has 5 heteroatoms. The van der Waals surface area contributed by atoms with Crippen LogP contribution in [0.5, 0.6) is 5.75 Å². The average molecular weight is 434 g/mol. The van der Waals surface area contributed by atoms with Crippen LogP contribution in [0.15, 0.2) is 36.4 Å². The normalized spacial score (nSPS) is 15.1. The number of aromatic carboxylic acids is 1. The summed E-state index contributed by atoms with van der Waals surface area (Å²) < 4.78 is 7.59. The van der Waals surface area contributed by atoms with E-state index in [1.807, 2.05) is 18.2 Å². The Hall–Kier alpha value is -3.08. The highest BCUT2D eigenvalue weighted by Gasteiger charge is 2.31. The van der Waals surface area contributed by atoms with Gasteiger partial charge in [0.1, 0.15) is 5.75 Å². The number of benzene rings is 2. The minimum Gasteiger partial charge on any atom is -0.497 e. The Labute approximate surface area is 189 Å². The SMILES string of the molecule is COc1ccc(-c2c(C3CCCCC3)c3ccc(C(=O)O)cc3n2C(C)(C)C)c(C=O)c1. The van der Waals surface area contributed by atoms with Gasteiger partial charge < -0.3 is 14.4 Å². The van der Waals surface area contributed by atoms with Crippen LogP contribution in [-0.4, -0.2) is 29.0 Å².